The zero-order chi connectivity index (χ0) is 26.2. The molecule has 9 nitrogen and oxygen atoms in total. The van der Waals surface area contributed by atoms with Crippen molar-refractivity contribution in [1.82, 2.24) is 20.8 Å². The molecule has 2 aliphatic rings. The molecule has 0 radical (unpaired) electrons. The number of nitrogens with one attached hydrogen (secondary N) is 2. The van der Waals surface area contributed by atoms with Crippen LogP contribution in [0.5, 0.6) is 0 Å². The van der Waals surface area contributed by atoms with Crippen molar-refractivity contribution in [3.8, 4) is 0 Å². The number of nitrogens with zero attached hydrogens (tertiary/aromatic N) is 3. The second-order valence-electron chi connectivity index (χ2n) is 9.87. The summed E-state index contributed by atoms with van der Waals surface area (Å²) in [5.41, 5.74) is 4.72. The van der Waals surface area contributed by atoms with Gasteiger partial charge >= 0.3 is 0 Å². The Hall–Kier alpha value is -3.01. The summed E-state index contributed by atoms with van der Waals surface area (Å²) in [7, 11) is 0. The number of aromatic nitrogens is 2. The van der Waals surface area contributed by atoms with Crippen molar-refractivity contribution in [1.29, 1.82) is 0 Å². The third kappa shape index (κ3) is 3.16. The molecule has 1 heterocycles. The van der Waals surface area contributed by atoms with Crippen molar-refractivity contribution < 1.29 is 14.5 Å². The van der Waals surface area contributed by atoms with Gasteiger partial charge in [0.2, 0.25) is 0 Å². The molecule has 1 aromatic heterocycles. The van der Waals surface area contributed by atoms with Crippen LogP contribution in [0.1, 0.15) is 55.4 Å². The molecule has 2 N–H and O–H groups in total. The second-order valence-corrected chi connectivity index (χ2v) is 11.1. The molecule has 0 aliphatic heterocycles. The molecule has 2 unspecified atom stereocenters. The smallest absolute Gasteiger partial charge is 0.272 e. The SMILES string of the molecule is CC12CCC(C(=O)NNC(=O)c3ccc(Cl)c([N+](=O)[O-])c3)(c3nc4cc(Cl)c(Cl)cc4nc31)C2(C)C. The Kier molecular flexibility index (Phi) is 5.48. The lowest BCUT2D eigenvalue weighted by Gasteiger charge is -2.39. The molecule has 2 aromatic carbocycles. The maximum absolute atomic E-state index is 13.8. The van der Waals surface area contributed by atoms with Crippen LogP contribution in [0.15, 0.2) is 30.3 Å². The molecular weight excluding hydrogens is 529 g/mol. The van der Waals surface area contributed by atoms with E-state index in [0.717, 1.165) is 11.8 Å². The first-order valence-electron chi connectivity index (χ1n) is 11.1. The maximum Gasteiger partial charge on any atom is 0.288 e. The number of hydrogen-bond donors (Lipinski definition) is 2. The number of benzene rings is 2. The van der Waals surface area contributed by atoms with E-state index in [1.807, 2.05) is 13.8 Å². The van der Waals surface area contributed by atoms with Gasteiger partial charge in [-0.05, 0) is 42.5 Å². The molecule has 12 heteroatoms. The lowest BCUT2D eigenvalue weighted by atomic mass is 9.63. The van der Waals surface area contributed by atoms with Gasteiger partial charge in [-0.25, -0.2) is 9.97 Å². The Labute approximate surface area is 220 Å². The minimum absolute atomic E-state index is 0.0245. The number of hydrogen-bond acceptors (Lipinski definition) is 6. The monoisotopic (exact) mass is 547 g/mol. The van der Waals surface area contributed by atoms with Crippen molar-refractivity contribution in [3.63, 3.8) is 0 Å². The number of nitro groups is 1. The van der Waals surface area contributed by atoms with E-state index < -0.39 is 38.7 Å². The van der Waals surface area contributed by atoms with Crippen LogP contribution in [0.25, 0.3) is 11.0 Å². The number of halogens is 3. The molecule has 1 saturated carbocycles. The maximum atomic E-state index is 13.8. The molecule has 186 valence electrons. The van der Waals surface area contributed by atoms with E-state index in [1.165, 1.54) is 12.1 Å². The van der Waals surface area contributed by atoms with Crippen LogP contribution >= 0.6 is 34.8 Å². The minimum Gasteiger partial charge on any atom is -0.272 e. The highest BCUT2D eigenvalue weighted by Crippen LogP contribution is 2.70. The number of amides is 2. The van der Waals surface area contributed by atoms with Crippen LogP contribution in [0.4, 0.5) is 5.69 Å². The zero-order valence-electron chi connectivity index (χ0n) is 19.4. The van der Waals surface area contributed by atoms with Gasteiger partial charge in [0.1, 0.15) is 10.4 Å². The summed E-state index contributed by atoms with van der Waals surface area (Å²) in [6.45, 7) is 6.06. The molecule has 0 spiro atoms. The highest BCUT2D eigenvalue weighted by atomic mass is 35.5. The van der Waals surface area contributed by atoms with Crippen LogP contribution in [0, 0.1) is 15.5 Å². The fourth-order valence-corrected chi connectivity index (χ4v) is 6.19. The van der Waals surface area contributed by atoms with Gasteiger partial charge in [0, 0.05) is 17.0 Å². The number of carbonyl (C=O) groups is 2. The van der Waals surface area contributed by atoms with E-state index >= 15 is 0 Å². The molecule has 0 saturated heterocycles. The molecular formula is C24H20Cl3N5O4. The molecule has 2 atom stereocenters. The van der Waals surface area contributed by atoms with Crippen molar-refractivity contribution in [2.45, 2.75) is 44.4 Å². The summed E-state index contributed by atoms with van der Waals surface area (Å²) in [5, 5.41) is 11.8. The number of fused-ring (bicyclic) bond motifs is 6. The normalized spacial score (nSPS) is 23.4. The van der Waals surface area contributed by atoms with E-state index in [2.05, 4.69) is 17.8 Å². The predicted octanol–water partition coefficient (Wildman–Crippen LogP) is 5.29. The lowest BCUT2D eigenvalue weighted by Crippen LogP contribution is -2.55. The van der Waals surface area contributed by atoms with Crippen LogP contribution in [-0.2, 0) is 15.6 Å². The number of nitro benzene ring substituents is 1. The molecule has 5 rings (SSSR count). The van der Waals surface area contributed by atoms with Gasteiger partial charge in [0.15, 0.2) is 0 Å². The van der Waals surface area contributed by atoms with Gasteiger partial charge < -0.3 is 0 Å². The number of carbonyl (C=O) groups excluding carboxylic acids is 2. The molecule has 2 bridgehead atoms. The van der Waals surface area contributed by atoms with Crippen LogP contribution in [-0.4, -0.2) is 26.7 Å². The van der Waals surface area contributed by atoms with Gasteiger partial charge in [0.25, 0.3) is 17.5 Å². The molecule has 2 amide bonds. The standard InChI is InChI=1S/C24H20Cl3N5O4/c1-22(2)23(3)6-7-24(22,19-18(23)28-15-9-13(26)14(27)10-16(15)29-19)21(34)31-30-20(33)11-4-5-12(25)17(8-11)32(35)36/h4-5,8-10H,6-7H2,1-3H3,(H,30,33)(H,31,34). The van der Waals surface area contributed by atoms with Crippen molar-refractivity contribution in [3.05, 3.63) is 72.5 Å². The molecule has 2 aliphatic carbocycles. The Balaban J connectivity index is 1.51. The highest BCUT2D eigenvalue weighted by molar-refractivity contribution is 6.42. The number of hydrazine groups is 1. The van der Waals surface area contributed by atoms with Crippen molar-refractivity contribution in [2.24, 2.45) is 5.41 Å². The fourth-order valence-electron chi connectivity index (χ4n) is 5.69. The molecule has 3 aromatic rings. The number of rotatable bonds is 3. The first kappa shape index (κ1) is 24.7. The topological polar surface area (TPSA) is 127 Å². The van der Waals surface area contributed by atoms with E-state index in [-0.39, 0.29) is 10.6 Å². The van der Waals surface area contributed by atoms with Gasteiger partial charge in [-0.3, -0.25) is 30.6 Å². The minimum atomic E-state index is -1.08. The quantitative estimate of drug-likeness (QED) is 0.338. The van der Waals surface area contributed by atoms with Gasteiger partial charge in [0.05, 0.1) is 37.4 Å². The highest BCUT2D eigenvalue weighted by Gasteiger charge is 2.73. The van der Waals surface area contributed by atoms with Crippen LogP contribution in [0.2, 0.25) is 15.1 Å². The Bertz CT molecular complexity index is 1510. The summed E-state index contributed by atoms with van der Waals surface area (Å²) >= 11 is 18.2. The summed E-state index contributed by atoms with van der Waals surface area (Å²) in [5.74, 6) is -1.16. The van der Waals surface area contributed by atoms with Crippen LogP contribution in [0.3, 0.4) is 0 Å². The van der Waals surface area contributed by atoms with E-state index in [1.54, 1.807) is 12.1 Å². The summed E-state index contributed by atoms with van der Waals surface area (Å²) in [4.78, 5) is 46.7. The Morgan fingerprint density at radius 2 is 1.53 bits per heavy atom. The third-order valence-electron chi connectivity index (χ3n) is 8.16. The van der Waals surface area contributed by atoms with E-state index in [0.29, 0.717) is 39.6 Å². The summed E-state index contributed by atoms with van der Waals surface area (Å²) in [6, 6.07) is 6.92. The summed E-state index contributed by atoms with van der Waals surface area (Å²) < 4.78 is 0. The molecule has 36 heavy (non-hydrogen) atoms. The third-order valence-corrected chi connectivity index (χ3v) is 9.20. The predicted molar refractivity (Wildman–Crippen MR) is 135 cm³/mol. The molecule has 1 fully saturated rings. The van der Waals surface area contributed by atoms with Gasteiger partial charge in [-0.2, -0.15) is 0 Å². The van der Waals surface area contributed by atoms with Gasteiger partial charge in [-0.15, -0.1) is 0 Å². The average molecular weight is 549 g/mol. The second kappa shape index (κ2) is 7.99. The Morgan fingerprint density at radius 3 is 2.14 bits per heavy atom. The first-order chi connectivity index (χ1) is 16.8. The first-order valence-corrected chi connectivity index (χ1v) is 12.2. The van der Waals surface area contributed by atoms with Crippen molar-refractivity contribution >= 4 is 63.3 Å². The van der Waals surface area contributed by atoms with Crippen LogP contribution < -0.4 is 10.9 Å². The average Bonchev–Trinajstić information content (AvgIpc) is 3.11. The Morgan fingerprint density at radius 1 is 0.917 bits per heavy atom. The van der Waals surface area contributed by atoms with Crippen molar-refractivity contribution in [2.75, 3.05) is 0 Å². The van der Waals surface area contributed by atoms with E-state index in [9.17, 15) is 19.7 Å². The van der Waals surface area contributed by atoms with Gasteiger partial charge in [-0.1, -0.05) is 55.6 Å². The largest absolute Gasteiger partial charge is 0.288 e. The van der Waals surface area contributed by atoms with E-state index in [4.69, 9.17) is 44.8 Å². The fraction of sp³-hybridized carbons (Fsp3) is 0.333. The zero-order valence-corrected chi connectivity index (χ0v) is 21.7. The lowest BCUT2D eigenvalue weighted by molar-refractivity contribution is -0.384. The summed E-state index contributed by atoms with van der Waals surface area (Å²) in [6.07, 6.45) is 1.19.